The van der Waals surface area contributed by atoms with E-state index in [1.165, 1.54) is 4.90 Å². The number of amides is 1. The highest BCUT2D eigenvalue weighted by Gasteiger charge is 2.70. The lowest BCUT2D eigenvalue weighted by Crippen LogP contribution is -2.66. The Bertz CT molecular complexity index is 1570. The van der Waals surface area contributed by atoms with Gasteiger partial charge in [-0.05, 0) is 146 Å². The van der Waals surface area contributed by atoms with Crippen LogP contribution in [0.2, 0.25) is 5.02 Å². The third-order valence-electron chi connectivity index (χ3n) is 15.2. The number of ether oxygens (including phenoxy) is 1. The van der Waals surface area contributed by atoms with Crippen molar-refractivity contribution < 1.29 is 24.2 Å². The van der Waals surface area contributed by atoms with E-state index in [0.717, 1.165) is 61.7 Å². The molecule has 8 atom stereocenters. The first-order valence-electron chi connectivity index (χ1n) is 19.3. The number of benzene rings is 1. The molecule has 6 rings (SSSR count). The van der Waals surface area contributed by atoms with Crippen LogP contribution in [0.3, 0.4) is 0 Å². The molecule has 4 fully saturated rings. The molecule has 50 heavy (non-hydrogen) atoms. The van der Waals surface area contributed by atoms with Crippen LogP contribution in [0, 0.1) is 50.7 Å². The average Bonchev–Trinajstić information content (AvgIpc) is 3.33. The summed E-state index contributed by atoms with van der Waals surface area (Å²) in [5, 5.41) is 11.7. The van der Waals surface area contributed by atoms with Crippen LogP contribution in [0.15, 0.2) is 35.4 Å². The smallest absolute Gasteiger partial charge is 0.410 e. The first kappa shape index (κ1) is 37.6. The summed E-state index contributed by atoms with van der Waals surface area (Å²) in [7, 11) is 0. The van der Waals surface area contributed by atoms with Gasteiger partial charge in [-0.2, -0.15) is 0 Å². The molecule has 1 aromatic rings. The summed E-state index contributed by atoms with van der Waals surface area (Å²) >= 11 is 6.17. The molecule has 0 radical (unpaired) electrons. The van der Waals surface area contributed by atoms with E-state index in [-0.39, 0.29) is 70.7 Å². The van der Waals surface area contributed by atoms with Gasteiger partial charge in [-0.15, -0.1) is 0 Å². The number of rotatable bonds is 6. The second-order valence-corrected chi connectivity index (χ2v) is 20.0. The van der Waals surface area contributed by atoms with Crippen LogP contribution >= 0.6 is 11.6 Å². The van der Waals surface area contributed by atoms with E-state index in [2.05, 4.69) is 48.5 Å². The number of hydrogen-bond acceptors (Lipinski definition) is 5. The van der Waals surface area contributed by atoms with E-state index in [4.69, 9.17) is 16.3 Å². The predicted molar refractivity (Wildman–Crippen MR) is 199 cm³/mol. The third kappa shape index (κ3) is 5.72. The number of allylic oxidation sites excluding steroid dienone is 2. The van der Waals surface area contributed by atoms with Gasteiger partial charge in [0.15, 0.2) is 11.6 Å². The molecule has 276 valence electrons. The fraction of sp³-hybridized carbons (Fsp3) is 0.744. The molecular weight excluding hydrogens is 646 g/mol. The number of hydrogen-bond donors (Lipinski definition) is 1. The SMILES string of the molecule is CC(C)C1=C2C3CCC4C5(C)CCC(O)C(C)(C)C5CCC4(C)C3(C)CCC2(C(=O)CN(Cc2ccc(Cl)cc2)C(=O)OC(C)(C)C)CC1=O. The molecule has 0 spiro atoms. The highest BCUT2D eigenvalue weighted by Crippen LogP contribution is 2.76. The first-order chi connectivity index (χ1) is 23.1. The number of halogens is 1. The Kier molecular flexibility index (Phi) is 9.36. The summed E-state index contributed by atoms with van der Waals surface area (Å²) in [5.41, 5.74) is 1.23. The molecule has 5 aliphatic carbocycles. The molecule has 0 aliphatic heterocycles. The number of Topliss-reactive ketones (excluding diaryl/α,β-unsaturated/α-hetero) is 2. The van der Waals surface area contributed by atoms with Gasteiger partial charge < -0.3 is 9.84 Å². The van der Waals surface area contributed by atoms with Gasteiger partial charge in [0.25, 0.3) is 0 Å². The molecule has 0 heterocycles. The normalized spacial score (nSPS) is 37.8. The highest BCUT2D eigenvalue weighted by molar-refractivity contribution is 6.30. The fourth-order valence-electron chi connectivity index (χ4n) is 12.6. The van der Waals surface area contributed by atoms with Crippen molar-refractivity contribution in [3.8, 4) is 0 Å². The molecule has 1 amide bonds. The van der Waals surface area contributed by atoms with Gasteiger partial charge in [0, 0.05) is 18.0 Å². The monoisotopic (exact) mass is 707 g/mol. The molecule has 8 unspecified atom stereocenters. The number of nitrogens with zero attached hydrogens (tertiary/aromatic N) is 1. The van der Waals surface area contributed by atoms with Crippen molar-refractivity contribution in [3.63, 3.8) is 0 Å². The molecule has 5 aliphatic rings. The number of ketones is 2. The van der Waals surface area contributed by atoms with Gasteiger partial charge in [-0.25, -0.2) is 4.79 Å². The van der Waals surface area contributed by atoms with Crippen LogP contribution in [0.5, 0.6) is 0 Å². The Labute approximate surface area is 306 Å². The maximum Gasteiger partial charge on any atom is 0.410 e. The molecule has 1 N–H and O–H groups in total. The summed E-state index contributed by atoms with van der Waals surface area (Å²) < 4.78 is 5.84. The van der Waals surface area contributed by atoms with E-state index < -0.39 is 17.1 Å². The molecule has 4 saturated carbocycles. The van der Waals surface area contributed by atoms with Crippen LogP contribution in [0.25, 0.3) is 0 Å². The van der Waals surface area contributed by atoms with Gasteiger partial charge >= 0.3 is 6.09 Å². The van der Waals surface area contributed by atoms with Crippen LogP contribution in [-0.4, -0.2) is 45.9 Å². The number of fused-ring (bicyclic) bond motifs is 7. The van der Waals surface area contributed by atoms with Crippen LogP contribution in [0.4, 0.5) is 4.79 Å². The predicted octanol–water partition coefficient (Wildman–Crippen LogP) is 9.99. The summed E-state index contributed by atoms with van der Waals surface area (Å²) in [6.45, 7) is 21.9. The minimum absolute atomic E-state index is 0.0185. The van der Waals surface area contributed by atoms with E-state index in [1.807, 2.05) is 32.9 Å². The second kappa shape index (κ2) is 12.5. The Morgan fingerprint density at radius 3 is 2.20 bits per heavy atom. The van der Waals surface area contributed by atoms with E-state index in [9.17, 15) is 14.7 Å². The zero-order valence-corrected chi connectivity index (χ0v) is 33.1. The first-order valence-corrected chi connectivity index (χ1v) is 19.7. The van der Waals surface area contributed by atoms with Gasteiger partial charge in [-0.1, -0.05) is 72.2 Å². The molecule has 0 bridgehead atoms. The lowest BCUT2D eigenvalue weighted by molar-refractivity contribution is -0.228. The van der Waals surface area contributed by atoms with Crippen LogP contribution < -0.4 is 0 Å². The average molecular weight is 708 g/mol. The molecule has 0 aromatic heterocycles. The van der Waals surface area contributed by atoms with Crippen molar-refractivity contribution in [3.05, 3.63) is 46.0 Å². The number of aliphatic hydroxyl groups is 1. The number of carbonyl (C=O) groups is 3. The molecule has 7 heteroatoms. The molecule has 6 nitrogen and oxygen atoms in total. The Morgan fingerprint density at radius 2 is 1.58 bits per heavy atom. The van der Waals surface area contributed by atoms with E-state index in [0.29, 0.717) is 23.3 Å². The number of aliphatic hydroxyl groups excluding tert-OH is 1. The second-order valence-electron chi connectivity index (χ2n) is 19.5. The minimum atomic E-state index is -0.900. The number of carbonyl (C=O) groups excluding carboxylic acids is 3. The molecule has 0 saturated heterocycles. The zero-order valence-electron chi connectivity index (χ0n) is 32.4. The van der Waals surface area contributed by atoms with Crippen molar-refractivity contribution in [1.29, 1.82) is 0 Å². The fourth-order valence-corrected chi connectivity index (χ4v) is 12.7. The summed E-state index contributed by atoms with van der Waals surface area (Å²) in [6.07, 6.45) is 7.08. The zero-order chi connectivity index (χ0) is 36.8. The quantitative estimate of drug-likeness (QED) is 0.318. The Hall–Kier alpha value is -2.18. The largest absolute Gasteiger partial charge is 0.444 e. The van der Waals surface area contributed by atoms with Gasteiger partial charge in [0.2, 0.25) is 0 Å². The molecular formula is C43H62ClNO5. The Balaban J connectivity index is 1.37. The van der Waals surface area contributed by atoms with E-state index >= 15 is 4.79 Å². The van der Waals surface area contributed by atoms with Gasteiger partial charge in [0.05, 0.1) is 18.1 Å². The van der Waals surface area contributed by atoms with Crippen LogP contribution in [0.1, 0.15) is 133 Å². The molecule has 1 aromatic carbocycles. The maximum absolute atomic E-state index is 15.0. The lowest BCUT2D eigenvalue weighted by Gasteiger charge is -2.72. The van der Waals surface area contributed by atoms with Crippen molar-refractivity contribution in [2.45, 2.75) is 145 Å². The topological polar surface area (TPSA) is 83.9 Å². The van der Waals surface area contributed by atoms with Crippen molar-refractivity contribution in [1.82, 2.24) is 4.90 Å². The summed E-state index contributed by atoms with van der Waals surface area (Å²) in [4.78, 5) is 44.4. The maximum atomic E-state index is 15.0. The summed E-state index contributed by atoms with van der Waals surface area (Å²) in [6, 6.07) is 7.33. The summed E-state index contributed by atoms with van der Waals surface area (Å²) in [5.74, 6) is 1.22. The standard InChI is InChI=1S/C43H62ClNO5/c1-26(2)35-30(46)23-43(34(48)25-45(37(49)50-38(3,4)5)24-27-11-13-28(44)14-12-27)22-21-41(9)29(36(35)43)15-16-32-40(8)19-18-33(47)39(6,7)31(40)17-20-42(32,41)10/h11-14,26,29,31-33,47H,15-25H2,1-10H3. The minimum Gasteiger partial charge on any atom is -0.444 e. The van der Waals surface area contributed by atoms with Crippen molar-refractivity contribution in [2.24, 2.45) is 50.7 Å². The Morgan fingerprint density at radius 1 is 0.920 bits per heavy atom. The lowest BCUT2D eigenvalue weighted by atomic mass is 9.33. The van der Waals surface area contributed by atoms with Crippen molar-refractivity contribution in [2.75, 3.05) is 6.54 Å². The third-order valence-corrected chi connectivity index (χ3v) is 15.5. The van der Waals surface area contributed by atoms with Gasteiger partial charge in [-0.3, -0.25) is 14.5 Å². The van der Waals surface area contributed by atoms with Gasteiger partial charge in [0.1, 0.15) is 5.60 Å². The van der Waals surface area contributed by atoms with Crippen LogP contribution in [-0.2, 0) is 20.9 Å². The van der Waals surface area contributed by atoms with E-state index in [1.54, 1.807) is 12.1 Å². The van der Waals surface area contributed by atoms with Crippen molar-refractivity contribution >= 4 is 29.3 Å². The highest BCUT2D eigenvalue weighted by atomic mass is 35.5.